The third-order valence-electron chi connectivity index (χ3n) is 4.76. The van der Waals surface area contributed by atoms with Gasteiger partial charge in [-0.05, 0) is 50.5 Å². The fourth-order valence-electron chi connectivity index (χ4n) is 3.26. The molecule has 1 aromatic carbocycles. The number of hydrogen-bond donors (Lipinski definition) is 1. The van der Waals surface area contributed by atoms with Gasteiger partial charge in [-0.1, -0.05) is 30.3 Å². The van der Waals surface area contributed by atoms with E-state index >= 15 is 0 Å². The molecular weight excluding hydrogens is 322 g/mol. The summed E-state index contributed by atoms with van der Waals surface area (Å²) in [6.07, 6.45) is 7.67. The molecule has 2 heterocycles. The molecule has 24 heavy (non-hydrogen) atoms. The number of anilines is 1. The van der Waals surface area contributed by atoms with E-state index in [0.717, 1.165) is 25.0 Å². The number of halogens is 1. The Morgan fingerprint density at radius 1 is 1.17 bits per heavy atom. The standard InChI is InChI=1S/C19H25N3O.ClH/c1-15-18(23)14-20-19(21-15)22-12-10-17(11-13-22)9-5-8-16-6-3-2-4-7-16;/h2-4,6-7,14,17,23H,5,8-13H2,1H3;1H. The van der Waals surface area contributed by atoms with Gasteiger partial charge in [-0.15, -0.1) is 12.4 Å². The van der Waals surface area contributed by atoms with Crippen LogP contribution in [0.5, 0.6) is 5.75 Å². The minimum atomic E-state index is 0. The highest BCUT2D eigenvalue weighted by Gasteiger charge is 2.21. The van der Waals surface area contributed by atoms with Crippen LogP contribution in [0.4, 0.5) is 5.95 Å². The lowest BCUT2D eigenvalue weighted by Crippen LogP contribution is -2.35. The van der Waals surface area contributed by atoms with E-state index in [1.54, 1.807) is 0 Å². The van der Waals surface area contributed by atoms with Gasteiger partial charge in [-0.3, -0.25) is 0 Å². The highest BCUT2D eigenvalue weighted by molar-refractivity contribution is 5.85. The maximum Gasteiger partial charge on any atom is 0.225 e. The van der Waals surface area contributed by atoms with Gasteiger partial charge in [-0.2, -0.15) is 0 Å². The molecule has 0 aliphatic carbocycles. The number of aryl methyl sites for hydroxylation is 2. The van der Waals surface area contributed by atoms with Gasteiger partial charge >= 0.3 is 0 Å². The molecule has 0 bridgehead atoms. The fourth-order valence-corrected chi connectivity index (χ4v) is 3.26. The Bertz CT molecular complexity index is 628. The third-order valence-corrected chi connectivity index (χ3v) is 4.76. The predicted molar refractivity (Wildman–Crippen MR) is 100.0 cm³/mol. The van der Waals surface area contributed by atoms with Crippen LogP contribution in [-0.4, -0.2) is 28.2 Å². The fraction of sp³-hybridized carbons (Fsp3) is 0.474. The molecule has 0 spiro atoms. The van der Waals surface area contributed by atoms with Crippen LogP contribution < -0.4 is 4.90 Å². The zero-order valence-corrected chi connectivity index (χ0v) is 15.0. The van der Waals surface area contributed by atoms with Crippen molar-refractivity contribution in [2.75, 3.05) is 18.0 Å². The first-order valence-corrected chi connectivity index (χ1v) is 8.54. The van der Waals surface area contributed by atoms with Crippen LogP contribution in [0.3, 0.4) is 0 Å². The molecule has 1 aliphatic heterocycles. The smallest absolute Gasteiger partial charge is 0.225 e. The highest BCUT2D eigenvalue weighted by atomic mass is 35.5. The molecule has 0 amide bonds. The quantitative estimate of drug-likeness (QED) is 0.882. The second-order valence-corrected chi connectivity index (χ2v) is 6.45. The molecule has 1 N–H and O–H groups in total. The maximum absolute atomic E-state index is 9.53. The van der Waals surface area contributed by atoms with Crippen molar-refractivity contribution in [3.8, 4) is 5.75 Å². The van der Waals surface area contributed by atoms with E-state index in [-0.39, 0.29) is 18.2 Å². The summed E-state index contributed by atoms with van der Waals surface area (Å²) in [7, 11) is 0. The Hall–Kier alpha value is -1.81. The van der Waals surface area contributed by atoms with E-state index in [4.69, 9.17) is 0 Å². The van der Waals surface area contributed by atoms with Crippen LogP contribution >= 0.6 is 12.4 Å². The van der Waals surface area contributed by atoms with E-state index < -0.39 is 0 Å². The Kier molecular flexibility index (Phi) is 6.85. The second kappa shape index (κ2) is 8.88. The van der Waals surface area contributed by atoms with Crippen molar-refractivity contribution in [3.63, 3.8) is 0 Å². The van der Waals surface area contributed by atoms with Crippen molar-refractivity contribution in [2.45, 2.75) is 39.0 Å². The van der Waals surface area contributed by atoms with Crippen LogP contribution in [0.1, 0.15) is 36.9 Å². The Labute approximate surface area is 150 Å². The van der Waals surface area contributed by atoms with Crippen LogP contribution in [0, 0.1) is 12.8 Å². The lowest BCUT2D eigenvalue weighted by Gasteiger charge is -2.32. The third kappa shape index (κ3) is 4.84. The molecule has 0 saturated carbocycles. The van der Waals surface area contributed by atoms with Crippen molar-refractivity contribution >= 4 is 18.4 Å². The lowest BCUT2D eigenvalue weighted by atomic mass is 9.91. The molecule has 0 unspecified atom stereocenters. The average molecular weight is 348 g/mol. The number of nitrogens with zero attached hydrogens (tertiary/aromatic N) is 3. The van der Waals surface area contributed by atoms with Crippen molar-refractivity contribution in [2.24, 2.45) is 5.92 Å². The monoisotopic (exact) mass is 347 g/mol. The second-order valence-electron chi connectivity index (χ2n) is 6.45. The SMILES string of the molecule is Cc1nc(N2CCC(CCCc3ccccc3)CC2)ncc1O.Cl. The first-order chi connectivity index (χ1) is 11.2. The van der Waals surface area contributed by atoms with Crippen molar-refractivity contribution in [1.29, 1.82) is 0 Å². The molecule has 1 aliphatic rings. The Morgan fingerprint density at radius 3 is 2.54 bits per heavy atom. The Morgan fingerprint density at radius 2 is 1.88 bits per heavy atom. The molecule has 2 aromatic rings. The van der Waals surface area contributed by atoms with Crippen LogP contribution in [0.15, 0.2) is 36.5 Å². The average Bonchev–Trinajstić information content (AvgIpc) is 2.59. The summed E-state index contributed by atoms with van der Waals surface area (Å²) >= 11 is 0. The van der Waals surface area contributed by atoms with Gasteiger partial charge < -0.3 is 10.0 Å². The summed E-state index contributed by atoms with van der Waals surface area (Å²) in [4.78, 5) is 10.9. The van der Waals surface area contributed by atoms with Gasteiger partial charge in [0.05, 0.1) is 11.9 Å². The van der Waals surface area contributed by atoms with E-state index in [2.05, 4.69) is 45.2 Å². The number of aromatic nitrogens is 2. The number of hydrogen-bond acceptors (Lipinski definition) is 4. The van der Waals surface area contributed by atoms with E-state index in [1.807, 2.05) is 6.92 Å². The minimum absolute atomic E-state index is 0. The molecule has 5 heteroatoms. The molecule has 1 saturated heterocycles. The summed E-state index contributed by atoms with van der Waals surface area (Å²) in [6, 6.07) is 10.7. The van der Waals surface area contributed by atoms with Gasteiger partial charge in [0.15, 0.2) is 5.75 Å². The molecule has 130 valence electrons. The number of piperidine rings is 1. The predicted octanol–water partition coefficient (Wildman–Crippen LogP) is 4.15. The Balaban J connectivity index is 0.00000208. The van der Waals surface area contributed by atoms with E-state index in [0.29, 0.717) is 5.69 Å². The highest BCUT2D eigenvalue weighted by Crippen LogP contribution is 2.25. The molecule has 3 rings (SSSR count). The van der Waals surface area contributed by atoms with Crippen molar-refractivity contribution in [1.82, 2.24) is 9.97 Å². The summed E-state index contributed by atoms with van der Waals surface area (Å²) in [6.45, 7) is 3.84. The topological polar surface area (TPSA) is 49.2 Å². The van der Waals surface area contributed by atoms with Crippen LogP contribution in [0.2, 0.25) is 0 Å². The number of rotatable bonds is 5. The largest absolute Gasteiger partial charge is 0.504 e. The molecule has 4 nitrogen and oxygen atoms in total. The summed E-state index contributed by atoms with van der Waals surface area (Å²) < 4.78 is 0. The zero-order chi connectivity index (χ0) is 16.1. The normalized spacial score (nSPS) is 15.1. The van der Waals surface area contributed by atoms with Crippen LogP contribution in [-0.2, 0) is 6.42 Å². The van der Waals surface area contributed by atoms with Gasteiger partial charge in [0.2, 0.25) is 5.95 Å². The molecule has 0 radical (unpaired) electrons. The molecule has 0 atom stereocenters. The first kappa shape index (κ1) is 18.5. The summed E-state index contributed by atoms with van der Waals surface area (Å²) in [5.41, 5.74) is 2.10. The van der Waals surface area contributed by atoms with Crippen molar-refractivity contribution in [3.05, 3.63) is 47.8 Å². The van der Waals surface area contributed by atoms with Gasteiger partial charge in [0.1, 0.15) is 0 Å². The first-order valence-electron chi connectivity index (χ1n) is 8.54. The van der Waals surface area contributed by atoms with E-state index in [1.165, 1.54) is 43.9 Å². The van der Waals surface area contributed by atoms with E-state index in [9.17, 15) is 5.11 Å². The van der Waals surface area contributed by atoms with Gasteiger partial charge in [0, 0.05) is 13.1 Å². The van der Waals surface area contributed by atoms with Crippen molar-refractivity contribution < 1.29 is 5.11 Å². The van der Waals surface area contributed by atoms with Gasteiger partial charge in [0.25, 0.3) is 0 Å². The lowest BCUT2D eigenvalue weighted by molar-refractivity contribution is 0.370. The van der Waals surface area contributed by atoms with Gasteiger partial charge in [-0.25, -0.2) is 9.97 Å². The number of benzene rings is 1. The molecular formula is C19H26ClN3O. The maximum atomic E-state index is 9.53. The zero-order valence-electron chi connectivity index (χ0n) is 14.2. The summed E-state index contributed by atoms with van der Waals surface area (Å²) in [5, 5.41) is 9.53. The van der Waals surface area contributed by atoms with Crippen LogP contribution in [0.25, 0.3) is 0 Å². The molecule has 1 aromatic heterocycles. The number of aromatic hydroxyl groups is 1. The minimum Gasteiger partial charge on any atom is -0.504 e. The molecule has 1 fully saturated rings. The summed E-state index contributed by atoms with van der Waals surface area (Å²) in [5.74, 6) is 1.74.